The van der Waals surface area contributed by atoms with E-state index in [1.807, 2.05) is 13.8 Å². The van der Waals surface area contributed by atoms with Gasteiger partial charge in [0.15, 0.2) is 11.5 Å². The zero-order valence-corrected chi connectivity index (χ0v) is 18.3. The number of hydrogen-bond donors (Lipinski definition) is 1. The number of nitrogens with zero attached hydrogens (tertiary/aromatic N) is 1. The highest BCUT2D eigenvalue weighted by molar-refractivity contribution is 6.32. The van der Waals surface area contributed by atoms with Gasteiger partial charge in [0.1, 0.15) is 5.82 Å². The van der Waals surface area contributed by atoms with Crippen LogP contribution in [0.4, 0.5) is 10.1 Å². The minimum atomic E-state index is -0.239. The Labute approximate surface area is 182 Å². The highest BCUT2D eigenvalue weighted by atomic mass is 35.5. The molecule has 1 fully saturated rings. The summed E-state index contributed by atoms with van der Waals surface area (Å²) in [5.74, 6) is 1.12. The van der Waals surface area contributed by atoms with Crippen molar-refractivity contribution in [1.82, 2.24) is 5.32 Å². The van der Waals surface area contributed by atoms with Gasteiger partial charge in [0.05, 0.1) is 18.7 Å². The molecule has 1 heterocycles. The number of carbonyl (C=O) groups excluding carboxylic acids is 1. The van der Waals surface area contributed by atoms with E-state index in [9.17, 15) is 9.18 Å². The van der Waals surface area contributed by atoms with Gasteiger partial charge in [-0.25, -0.2) is 4.39 Å². The number of nitrogens with one attached hydrogen (secondary N) is 1. The second-order valence-corrected chi connectivity index (χ2v) is 8.39. The van der Waals surface area contributed by atoms with Gasteiger partial charge in [-0.1, -0.05) is 25.4 Å². The molecule has 7 heteroatoms. The maximum Gasteiger partial charge on any atom is 0.251 e. The van der Waals surface area contributed by atoms with Gasteiger partial charge in [0.2, 0.25) is 0 Å². The number of ether oxygens (including phenoxy) is 2. The number of rotatable bonds is 8. The first-order valence-electron chi connectivity index (χ1n) is 10.2. The average molecular weight is 435 g/mol. The van der Waals surface area contributed by atoms with E-state index in [0.717, 1.165) is 25.2 Å². The molecular weight excluding hydrogens is 407 g/mol. The van der Waals surface area contributed by atoms with Gasteiger partial charge >= 0.3 is 0 Å². The zero-order chi connectivity index (χ0) is 21.7. The first-order valence-corrected chi connectivity index (χ1v) is 10.5. The van der Waals surface area contributed by atoms with Gasteiger partial charge in [-0.15, -0.1) is 0 Å². The lowest BCUT2D eigenvalue weighted by Crippen LogP contribution is -2.31. The Kier molecular flexibility index (Phi) is 7.43. The molecule has 1 saturated heterocycles. The number of hydrogen-bond acceptors (Lipinski definition) is 4. The van der Waals surface area contributed by atoms with E-state index in [1.165, 1.54) is 19.2 Å². The Balaban J connectivity index is 1.58. The van der Waals surface area contributed by atoms with Gasteiger partial charge in [0.25, 0.3) is 5.91 Å². The van der Waals surface area contributed by atoms with Crippen LogP contribution in [0, 0.1) is 17.7 Å². The average Bonchev–Trinajstić information content (AvgIpc) is 3.20. The predicted molar refractivity (Wildman–Crippen MR) is 117 cm³/mol. The molecule has 1 N–H and O–H groups in total. The third-order valence-electron chi connectivity index (χ3n) is 5.08. The van der Waals surface area contributed by atoms with Gasteiger partial charge in [-0.05, 0) is 54.7 Å². The minimum Gasteiger partial charge on any atom is -0.493 e. The fraction of sp³-hybridized carbons (Fsp3) is 0.435. The first kappa shape index (κ1) is 22.2. The first-order chi connectivity index (χ1) is 14.4. The highest BCUT2D eigenvalue weighted by Crippen LogP contribution is 2.36. The largest absolute Gasteiger partial charge is 0.493 e. The molecular formula is C23H28ClFN2O3. The van der Waals surface area contributed by atoms with E-state index in [1.54, 1.807) is 24.3 Å². The molecule has 30 heavy (non-hydrogen) atoms. The molecule has 1 unspecified atom stereocenters. The van der Waals surface area contributed by atoms with Crippen LogP contribution in [0.5, 0.6) is 11.5 Å². The van der Waals surface area contributed by atoms with E-state index in [2.05, 4.69) is 10.2 Å². The van der Waals surface area contributed by atoms with Crippen molar-refractivity contribution in [3.8, 4) is 11.5 Å². The van der Waals surface area contributed by atoms with E-state index in [-0.39, 0.29) is 11.7 Å². The van der Waals surface area contributed by atoms with Crippen LogP contribution in [-0.2, 0) is 0 Å². The van der Waals surface area contributed by atoms with Crippen molar-refractivity contribution < 1.29 is 18.7 Å². The van der Waals surface area contributed by atoms with E-state index in [0.29, 0.717) is 47.1 Å². The molecule has 3 rings (SSSR count). The fourth-order valence-corrected chi connectivity index (χ4v) is 3.73. The SMILES string of the molecule is COc1cc(C(=O)NCC2CCN(c3ccc(F)cc3)C2)cc(Cl)c1OCC(C)C. The molecule has 0 saturated carbocycles. The molecule has 1 atom stereocenters. The third-order valence-corrected chi connectivity index (χ3v) is 5.36. The van der Waals surface area contributed by atoms with Crippen LogP contribution in [0.2, 0.25) is 5.02 Å². The lowest BCUT2D eigenvalue weighted by Gasteiger charge is -2.19. The normalized spacial score (nSPS) is 16.1. The monoisotopic (exact) mass is 434 g/mol. The molecule has 2 aromatic rings. The second-order valence-electron chi connectivity index (χ2n) is 7.98. The number of carbonyl (C=O) groups is 1. The summed E-state index contributed by atoms with van der Waals surface area (Å²) in [6.07, 6.45) is 0.962. The molecule has 0 aliphatic carbocycles. The van der Waals surface area contributed by atoms with Crippen molar-refractivity contribution in [3.63, 3.8) is 0 Å². The van der Waals surface area contributed by atoms with E-state index >= 15 is 0 Å². The predicted octanol–water partition coefficient (Wildman–Crippen LogP) is 4.78. The maximum atomic E-state index is 13.1. The Morgan fingerprint density at radius 2 is 2.03 bits per heavy atom. The molecule has 1 amide bonds. The number of amides is 1. The Morgan fingerprint density at radius 1 is 1.30 bits per heavy atom. The smallest absolute Gasteiger partial charge is 0.251 e. The Hall–Kier alpha value is -2.47. The summed E-state index contributed by atoms with van der Waals surface area (Å²) in [5, 5.41) is 3.34. The van der Waals surface area contributed by atoms with Crippen LogP contribution >= 0.6 is 11.6 Å². The number of halogens is 2. The summed E-state index contributed by atoms with van der Waals surface area (Å²) >= 11 is 6.35. The lowest BCUT2D eigenvalue weighted by atomic mass is 10.1. The van der Waals surface area contributed by atoms with Gasteiger partial charge < -0.3 is 19.7 Å². The van der Waals surface area contributed by atoms with Crippen LogP contribution in [0.1, 0.15) is 30.6 Å². The summed E-state index contributed by atoms with van der Waals surface area (Å²) < 4.78 is 24.2. The quantitative estimate of drug-likeness (QED) is 0.649. The summed E-state index contributed by atoms with van der Waals surface area (Å²) in [7, 11) is 1.53. The van der Waals surface area contributed by atoms with Crippen molar-refractivity contribution in [2.24, 2.45) is 11.8 Å². The van der Waals surface area contributed by atoms with Crippen LogP contribution in [0.15, 0.2) is 36.4 Å². The molecule has 1 aliphatic rings. The van der Waals surface area contributed by atoms with Crippen LogP contribution in [0.25, 0.3) is 0 Å². The fourth-order valence-electron chi connectivity index (χ4n) is 3.47. The minimum absolute atomic E-state index is 0.203. The molecule has 0 spiro atoms. The number of methoxy groups -OCH3 is 1. The number of anilines is 1. The van der Waals surface area contributed by atoms with Crippen molar-refractivity contribution in [3.05, 3.63) is 52.8 Å². The summed E-state index contributed by atoms with van der Waals surface area (Å²) in [5.41, 5.74) is 1.43. The highest BCUT2D eigenvalue weighted by Gasteiger charge is 2.24. The van der Waals surface area contributed by atoms with Crippen molar-refractivity contribution >= 4 is 23.2 Å². The lowest BCUT2D eigenvalue weighted by molar-refractivity contribution is 0.0948. The van der Waals surface area contributed by atoms with Gasteiger partial charge in [-0.3, -0.25) is 4.79 Å². The molecule has 5 nitrogen and oxygen atoms in total. The van der Waals surface area contributed by atoms with Gasteiger partial charge in [0, 0.05) is 30.9 Å². The van der Waals surface area contributed by atoms with Crippen molar-refractivity contribution in [2.75, 3.05) is 38.3 Å². The number of benzene rings is 2. The summed E-state index contributed by atoms with van der Waals surface area (Å²) in [4.78, 5) is 14.9. The maximum absolute atomic E-state index is 13.1. The third kappa shape index (κ3) is 5.57. The molecule has 1 aliphatic heterocycles. The van der Waals surface area contributed by atoms with Crippen LogP contribution < -0.4 is 19.7 Å². The standard InChI is InChI=1S/C23H28ClFN2O3/c1-15(2)14-30-22-20(24)10-17(11-21(22)29-3)23(28)26-12-16-8-9-27(13-16)19-6-4-18(25)5-7-19/h4-7,10-11,15-16H,8-9,12-14H2,1-3H3,(H,26,28). The zero-order valence-electron chi connectivity index (χ0n) is 17.6. The molecule has 0 radical (unpaired) electrons. The van der Waals surface area contributed by atoms with E-state index < -0.39 is 0 Å². The summed E-state index contributed by atoms with van der Waals surface area (Å²) in [6.45, 7) is 6.85. The van der Waals surface area contributed by atoms with E-state index in [4.69, 9.17) is 21.1 Å². The molecule has 0 bridgehead atoms. The molecule has 2 aromatic carbocycles. The van der Waals surface area contributed by atoms with Crippen LogP contribution in [-0.4, -0.2) is 39.3 Å². The Bertz CT molecular complexity index is 873. The van der Waals surface area contributed by atoms with Gasteiger partial charge in [-0.2, -0.15) is 0 Å². The topological polar surface area (TPSA) is 50.8 Å². The Morgan fingerprint density at radius 3 is 2.70 bits per heavy atom. The summed E-state index contributed by atoms with van der Waals surface area (Å²) in [6, 6.07) is 9.76. The van der Waals surface area contributed by atoms with Crippen molar-refractivity contribution in [2.45, 2.75) is 20.3 Å². The second kappa shape index (κ2) is 10.0. The van der Waals surface area contributed by atoms with Crippen molar-refractivity contribution in [1.29, 1.82) is 0 Å². The van der Waals surface area contributed by atoms with Crippen LogP contribution in [0.3, 0.4) is 0 Å². The molecule has 0 aromatic heterocycles. The molecule has 162 valence electrons.